The predicted octanol–water partition coefficient (Wildman–Crippen LogP) is -1.23. The van der Waals surface area contributed by atoms with Gasteiger partial charge in [0.15, 0.2) is 12.6 Å². The van der Waals surface area contributed by atoms with Gasteiger partial charge in [0.05, 0.1) is 19.8 Å². The molecule has 2 aliphatic heterocycles. The number of unbranched alkanes of at least 4 members (excludes halogenated alkanes) is 3. The fourth-order valence-corrected chi connectivity index (χ4v) is 4.84. The Labute approximate surface area is 263 Å². The van der Waals surface area contributed by atoms with Crippen LogP contribution in [-0.4, -0.2) is 149 Å². The van der Waals surface area contributed by atoms with Crippen LogP contribution in [0.15, 0.2) is 0 Å². The third kappa shape index (κ3) is 13.9. The van der Waals surface area contributed by atoms with Crippen molar-refractivity contribution in [3.05, 3.63) is 0 Å². The summed E-state index contributed by atoms with van der Waals surface area (Å²) in [6, 6.07) is 0. The lowest BCUT2D eigenvalue weighted by Crippen LogP contribution is -2.59. The average molecular weight is 651 g/mol. The second-order valence-corrected chi connectivity index (χ2v) is 11.1. The number of hydrogen-bond acceptors (Lipinski definition) is 14. The first-order valence-corrected chi connectivity index (χ1v) is 15.6. The summed E-state index contributed by atoms with van der Waals surface area (Å²) < 4.78 is 22.0. The van der Waals surface area contributed by atoms with Crippen LogP contribution in [0, 0.1) is 0 Å². The Morgan fingerprint density at radius 1 is 0.844 bits per heavy atom. The normalized spacial score (nSPS) is 26.7. The van der Waals surface area contributed by atoms with Crippen LogP contribution in [0.1, 0.15) is 70.6 Å². The Kier molecular flexibility index (Phi) is 18.6. The van der Waals surface area contributed by atoms with Crippen molar-refractivity contribution in [1.82, 2.24) is 9.96 Å². The summed E-state index contributed by atoms with van der Waals surface area (Å²) in [5, 5.41) is 50.2. The maximum Gasteiger partial charge on any atom is 0.332 e. The summed E-state index contributed by atoms with van der Waals surface area (Å²) in [5.74, 6) is -1.16. The van der Waals surface area contributed by atoms with Gasteiger partial charge >= 0.3 is 5.97 Å². The minimum atomic E-state index is -1.55. The number of hydroxylamine groups is 2. The Bertz CT molecular complexity index is 893. The van der Waals surface area contributed by atoms with Gasteiger partial charge in [0, 0.05) is 52.4 Å². The first kappa shape index (κ1) is 38.9. The lowest BCUT2D eigenvalue weighted by molar-refractivity contribution is -0.301. The molecule has 2 rings (SSSR count). The molecule has 0 aliphatic carbocycles. The van der Waals surface area contributed by atoms with Crippen molar-refractivity contribution in [2.45, 2.75) is 114 Å². The smallest absolute Gasteiger partial charge is 0.332 e. The summed E-state index contributed by atoms with van der Waals surface area (Å²) in [7, 11) is 1.32. The molecule has 2 amide bonds. The zero-order valence-electron chi connectivity index (χ0n) is 25.9. The van der Waals surface area contributed by atoms with Crippen molar-refractivity contribution in [1.29, 1.82) is 0 Å². The maximum atomic E-state index is 13.1. The fourth-order valence-electron chi connectivity index (χ4n) is 4.84. The van der Waals surface area contributed by atoms with E-state index < -0.39 is 61.6 Å². The topological polar surface area (TPSA) is 222 Å². The van der Waals surface area contributed by atoms with Crippen molar-refractivity contribution < 1.29 is 68.5 Å². The van der Waals surface area contributed by atoms with E-state index in [-0.39, 0.29) is 57.9 Å². The molecule has 260 valence electrons. The van der Waals surface area contributed by atoms with Gasteiger partial charge in [-0.05, 0) is 32.1 Å². The number of aldehydes is 1. The molecule has 0 aromatic heterocycles. The van der Waals surface area contributed by atoms with Crippen LogP contribution in [0.2, 0.25) is 0 Å². The molecular formula is C29H50N2O14. The van der Waals surface area contributed by atoms with Crippen molar-refractivity contribution in [2.75, 3.05) is 46.6 Å². The summed E-state index contributed by atoms with van der Waals surface area (Å²) in [6.07, 6.45) is -3.35. The van der Waals surface area contributed by atoms with Crippen LogP contribution in [0.25, 0.3) is 0 Å². The standard InChI is InChI=1S/C29H50N2O14/c1-30(22(35)11-6-15-32)45-24(37)12-5-3-2-4-10-23(36)31(14-18-43-28-20(34)9-7-16-41-28)13-8-17-42-29-27(40)26(39)25(38)21(19-33)44-29/h15,20-21,25-29,33-34,38-40H,2-14,16-19H2,1H3/t20?,21?,25-,26?,27?,28?,29+/m1/s1. The van der Waals surface area contributed by atoms with Gasteiger partial charge in [-0.15, -0.1) is 0 Å². The highest BCUT2D eigenvalue weighted by Gasteiger charge is 2.44. The Morgan fingerprint density at radius 2 is 1.56 bits per heavy atom. The summed E-state index contributed by atoms with van der Waals surface area (Å²) in [4.78, 5) is 53.7. The van der Waals surface area contributed by atoms with E-state index in [0.29, 0.717) is 51.4 Å². The third-order valence-corrected chi connectivity index (χ3v) is 7.53. The SMILES string of the molecule is CN(OC(=O)CCCCCCC(=O)N(CCCO[C@H]1OC(CO)[C@@H](O)C(O)C1O)CCOC1OCCCC1O)C(=O)CCC=O. The highest BCUT2D eigenvalue weighted by Crippen LogP contribution is 2.22. The monoisotopic (exact) mass is 650 g/mol. The number of aliphatic hydroxyl groups is 5. The van der Waals surface area contributed by atoms with Crippen LogP contribution < -0.4 is 0 Å². The molecule has 0 aromatic rings. The van der Waals surface area contributed by atoms with Crippen LogP contribution in [0.5, 0.6) is 0 Å². The number of hydrogen-bond donors (Lipinski definition) is 5. The van der Waals surface area contributed by atoms with Crippen molar-refractivity contribution in [2.24, 2.45) is 0 Å². The van der Waals surface area contributed by atoms with Crippen LogP contribution >= 0.6 is 0 Å². The predicted molar refractivity (Wildman–Crippen MR) is 154 cm³/mol. The van der Waals surface area contributed by atoms with E-state index in [1.54, 1.807) is 4.90 Å². The third-order valence-electron chi connectivity index (χ3n) is 7.53. The van der Waals surface area contributed by atoms with Gasteiger partial charge in [0.25, 0.3) is 5.91 Å². The molecule has 2 heterocycles. The van der Waals surface area contributed by atoms with Crippen LogP contribution in [-0.2, 0) is 43.0 Å². The number of carbonyl (C=O) groups is 4. The molecule has 16 nitrogen and oxygen atoms in total. The number of nitrogens with zero attached hydrogens (tertiary/aromatic N) is 2. The molecule has 2 fully saturated rings. The highest BCUT2D eigenvalue weighted by molar-refractivity contribution is 5.79. The molecule has 5 N–H and O–H groups in total. The van der Waals surface area contributed by atoms with E-state index in [2.05, 4.69) is 0 Å². The van der Waals surface area contributed by atoms with E-state index in [9.17, 15) is 44.7 Å². The molecule has 2 saturated heterocycles. The van der Waals surface area contributed by atoms with Gasteiger partial charge in [-0.3, -0.25) is 9.59 Å². The van der Waals surface area contributed by atoms with E-state index in [1.165, 1.54) is 7.05 Å². The van der Waals surface area contributed by atoms with Gasteiger partial charge in [0.2, 0.25) is 5.91 Å². The van der Waals surface area contributed by atoms with Gasteiger partial charge in [-0.1, -0.05) is 12.8 Å². The van der Waals surface area contributed by atoms with Crippen molar-refractivity contribution in [3.63, 3.8) is 0 Å². The van der Waals surface area contributed by atoms with E-state index in [0.717, 1.165) is 11.5 Å². The van der Waals surface area contributed by atoms with E-state index in [1.807, 2.05) is 0 Å². The minimum absolute atomic E-state index is 0.0357. The average Bonchev–Trinajstić information content (AvgIpc) is 3.03. The molecule has 7 atom stereocenters. The first-order valence-electron chi connectivity index (χ1n) is 15.6. The second kappa shape index (κ2) is 21.5. The van der Waals surface area contributed by atoms with Crippen LogP contribution in [0.3, 0.4) is 0 Å². The molecule has 0 saturated carbocycles. The Morgan fingerprint density at radius 3 is 2.24 bits per heavy atom. The molecule has 0 bridgehead atoms. The highest BCUT2D eigenvalue weighted by atomic mass is 16.7. The fraction of sp³-hybridized carbons (Fsp3) is 0.862. The van der Waals surface area contributed by atoms with Gasteiger partial charge in [-0.2, -0.15) is 5.06 Å². The summed E-state index contributed by atoms with van der Waals surface area (Å²) in [5.41, 5.74) is 0. The number of carbonyl (C=O) groups excluding carboxylic acids is 4. The van der Waals surface area contributed by atoms with Crippen molar-refractivity contribution >= 4 is 24.1 Å². The zero-order chi connectivity index (χ0) is 33.2. The quantitative estimate of drug-likeness (QED) is 0.0592. The van der Waals surface area contributed by atoms with Crippen molar-refractivity contribution in [3.8, 4) is 0 Å². The maximum absolute atomic E-state index is 13.1. The van der Waals surface area contributed by atoms with E-state index in [4.69, 9.17) is 23.8 Å². The Hall–Kier alpha value is -2.28. The summed E-state index contributed by atoms with van der Waals surface area (Å²) >= 11 is 0. The number of aliphatic hydroxyl groups excluding tert-OH is 5. The number of rotatable bonds is 20. The van der Waals surface area contributed by atoms with Crippen LogP contribution in [0.4, 0.5) is 0 Å². The largest absolute Gasteiger partial charge is 0.394 e. The molecule has 5 unspecified atom stereocenters. The molecule has 0 aromatic carbocycles. The Balaban J connectivity index is 1.75. The number of amides is 2. The lowest BCUT2D eigenvalue weighted by Gasteiger charge is -2.39. The van der Waals surface area contributed by atoms with Gasteiger partial charge in [-0.25, -0.2) is 4.79 Å². The molecule has 16 heteroatoms. The first-order chi connectivity index (χ1) is 21.6. The van der Waals surface area contributed by atoms with Gasteiger partial charge < -0.3 is 59.0 Å². The molecular weight excluding hydrogens is 600 g/mol. The lowest BCUT2D eigenvalue weighted by atomic mass is 9.99. The number of ether oxygens (including phenoxy) is 4. The molecule has 0 radical (unpaired) electrons. The van der Waals surface area contributed by atoms with Gasteiger partial charge in [0.1, 0.15) is 36.8 Å². The second-order valence-electron chi connectivity index (χ2n) is 11.1. The van der Waals surface area contributed by atoms with E-state index >= 15 is 0 Å². The molecule has 45 heavy (non-hydrogen) atoms. The zero-order valence-corrected chi connectivity index (χ0v) is 25.9. The summed E-state index contributed by atoms with van der Waals surface area (Å²) in [6.45, 7) is 0.599. The molecule has 0 spiro atoms. The molecule has 2 aliphatic rings. The minimum Gasteiger partial charge on any atom is -0.394 e.